The smallest absolute Gasteiger partial charge is 0.377 e. The van der Waals surface area contributed by atoms with Crippen molar-refractivity contribution in [3.8, 4) is 0 Å². The number of hydrogen-bond donors (Lipinski definition) is 0. The largest absolute Gasteiger partial charge is 0.455 e. The Bertz CT molecular complexity index is 869. The molecule has 0 aromatic carbocycles. The third kappa shape index (κ3) is 2.80. The monoisotopic (exact) mass is 458 g/mol. The minimum Gasteiger partial charge on any atom is -0.455 e. The molecule has 0 aromatic heterocycles. The number of esters is 3. The van der Waals surface area contributed by atoms with E-state index in [9.17, 15) is 23.2 Å². The van der Waals surface area contributed by atoms with Crippen LogP contribution in [-0.2, 0) is 42.8 Å². The van der Waals surface area contributed by atoms with Crippen LogP contribution in [0, 0.1) is 17.8 Å². The molecule has 0 N–H and O–H groups in total. The van der Waals surface area contributed by atoms with Gasteiger partial charge in [0.25, 0.3) is 0 Å². The van der Waals surface area contributed by atoms with Crippen molar-refractivity contribution in [3.63, 3.8) is 0 Å². The third-order valence-electron chi connectivity index (χ3n) is 7.84. The molecule has 7 aliphatic rings. The Morgan fingerprint density at radius 2 is 1.75 bits per heavy atom. The summed E-state index contributed by atoms with van der Waals surface area (Å²) in [5.74, 6) is -7.46. The predicted molar refractivity (Wildman–Crippen MR) is 95.8 cm³/mol. The number of ether oxygens (including phenoxy) is 6. The van der Waals surface area contributed by atoms with Gasteiger partial charge in [-0.1, -0.05) is 0 Å². The highest BCUT2D eigenvalue weighted by Gasteiger charge is 2.73. The van der Waals surface area contributed by atoms with Gasteiger partial charge in [0.15, 0.2) is 24.3 Å². The third-order valence-corrected chi connectivity index (χ3v) is 7.84. The summed E-state index contributed by atoms with van der Waals surface area (Å²) in [5.41, 5.74) is -0.938. The average molecular weight is 458 g/mol. The fraction of sp³-hybridized carbons (Fsp3) is 0.857. The zero-order valence-corrected chi connectivity index (χ0v) is 17.6. The molecule has 0 amide bonds. The van der Waals surface area contributed by atoms with E-state index in [-0.39, 0.29) is 17.8 Å². The molecule has 32 heavy (non-hydrogen) atoms. The summed E-state index contributed by atoms with van der Waals surface area (Å²) in [4.78, 5) is 35.4. The second-order valence-corrected chi connectivity index (χ2v) is 10.1. The molecule has 1 spiro atoms. The van der Waals surface area contributed by atoms with Crippen LogP contribution in [0.15, 0.2) is 0 Å². The van der Waals surface area contributed by atoms with Gasteiger partial charge >= 0.3 is 23.8 Å². The second kappa shape index (κ2) is 6.38. The Hall–Kier alpha value is -1.85. The topological polar surface area (TPSA) is 107 Å². The lowest BCUT2D eigenvalue weighted by atomic mass is 9.51. The van der Waals surface area contributed by atoms with Crippen LogP contribution in [-0.4, -0.2) is 65.9 Å². The van der Waals surface area contributed by atoms with Gasteiger partial charge in [-0.25, -0.2) is 9.59 Å². The first-order valence-electron chi connectivity index (χ1n) is 11.0. The van der Waals surface area contributed by atoms with Gasteiger partial charge in [0.2, 0.25) is 6.10 Å². The van der Waals surface area contributed by atoms with Crippen LogP contribution in [0.1, 0.15) is 46.0 Å². The molecular weight excluding hydrogens is 434 g/mol. The predicted octanol–water partition coefficient (Wildman–Crippen LogP) is 1.46. The maximum absolute atomic E-state index is 13.5. The Morgan fingerprint density at radius 3 is 2.38 bits per heavy atom. The molecule has 3 saturated heterocycles. The molecule has 7 unspecified atom stereocenters. The van der Waals surface area contributed by atoms with Gasteiger partial charge in [-0.05, 0) is 38.0 Å². The van der Waals surface area contributed by atoms with Crippen molar-refractivity contribution in [1.29, 1.82) is 0 Å². The molecule has 4 saturated carbocycles. The SMILES string of the molecule is CC(=O)OC1C(=O)OC2C3OC4(OC3OC12)C1CC2CC4CC(OC(=O)C(C)(F)F)(C2)C1. The van der Waals surface area contributed by atoms with E-state index in [0.29, 0.717) is 26.2 Å². The summed E-state index contributed by atoms with van der Waals surface area (Å²) < 4.78 is 61.5. The van der Waals surface area contributed by atoms with Gasteiger partial charge in [-0.2, -0.15) is 8.78 Å². The fourth-order valence-corrected chi connectivity index (χ4v) is 6.95. The van der Waals surface area contributed by atoms with E-state index >= 15 is 0 Å². The zero-order chi connectivity index (χ0) is 22.6. The van der Waals surface area contributed by atoms with E-state index in [4.69, 9.17) is 28.4 Å². The minimum absolute atomic E-state index is 0.166. The summed E-state index contributed by atoms with van der Waals surface area (Å²) in [6.45, 7) is 1.74. The summed E-state index contributed by atoms with van der Waals surface area (Å²) in [7, 11) is 0. The Morgan fingerprint density at radius 1 is 1.06 bits per heavy atom. The van der Waals surface area contributed by atoms with Gasteiger partial charge in [-0.3, -0.25) is 4.79 Å². The van der Waals surface area contributed by atoms with E-state index in [0.717, 1.165) is 12.8 Å². The highest BCUT2D eigenvalue weighted by Crippen LogP contribution is 2.65. The van der Waals surface area contributed by atoms with E-state index < -0.39 is 65.9 Å². The van der Waals surface area contributed by atoms with Crippen LogP contribution in [0.4, 0.5) is 8.78 Å². The molecular formula is C21H24F2O9. The number of carbonyl (C=O) groups is 3. The molecule has 7 rings (SSSR count). The summed E-state index contributed by atoms with van der Waals surface area (Å²) in [5, 5.41) is 0. The molecule has 11 heteroatoms. The van der Waals surface area contributed by atoms with E-state index in [1.165, 1.54) is 6.92 Å². The second-order valence-electron chi connectivity index (χ2n) is 10.1. The van der Waals surface area contributed by atoms with Crippen LogP contribution in [0.25, 0.3) is 0 Å². The molecule has 0 radical (unpaired) electrons. The van der Waals surface area contributed by atoms with Crippen LogP contribution < -0.4 is 0 Å². The lowest BCUT2D eigenvalue weighted by Gasteiger charge is -2.62. The first-order valence-corrected chi connectivity index (χ1v) is 11.0. The van der Waals surface area contributed by atoms with Crippen molar-refractivity contribution in [2.24, 2.45) is 17.8 Å². The number of rotatable bonds is 3. The standard InChI is InChI=1S/C21H24F2O9/c1-8(24)27-14-12-13(28-16(14)25)15-17(29-12)31-21(30-15)10-3-9-4-11(21)7-20(5-9,6-10)32-18(26)19(2,22)23/h9-15,17H,3-7H2,1-2H3. The Kier molecular flexibility index (Phi) is 4.14. The number of halogens is 2. The quantitative estimate of drug-likeness (QED) is 0.459. The minimum atomic E-state index is -3.55. The van der Waals surface area contributed by atoms with Crippen LogP contribution >= 0.6 is 0 Å². The molecule has 4 bridgehead atoms. The van der Waals surface area contributed by atoms with E-state index in [2.05, 4.69) is 0 Å². The molecule has 176 valence electrons. The summed E-state index contributed by atoms with van der Waals surface area (Å²) >= 11 is 0. The highest BCUT2D eigenvalue weighted by molar-refractivity contribution is 5.81. The van der Waals surface area contributed by atoms with Gasteiger partial charge < -0.3 is 28.4 Å². The van der Waals surface area contributed by atoms with Crippen LogP contribution in [0.2, 0.25) is 0 Å². The zero-order valence-electron chi connectivity index (χ0n) is 17.6. The van der Waals surface area contributed by atoms with E-state index in [1.54, 1.807) is 0 Å². The van der Waals surface area contributed by atoms with Gasteiger partial charge in [0.05, 0.1) is 0 Å². The number of alkyl halides is 2. The van der Waals surface area contributed by atoms with E-state index in [1.807, 2.05) is 0 Å². The lowest BCUT2D eigenvalue weighted by molar-refractivity contribution is -0.343. The van der Waals surface area contributed by atoms with Gasteiger partial charge in [0, 0.05) is 25.7 Å². The van der Waals surface area contributed by atoms with Gasteiger partial charge in [-0.15, -0.1) is 0 Å². The Balaban J connectivity index is 1.22. The first kappa shape index (κ1) is 20.7. The Labute approximate surface area is 182 Å². The molecule has 3 heterocycles. The van der Waals surface area contributed by atoms with Gasteiger partial charge in [0.1, 0.15) is 11.7 Å². The van der Waals surface area contributed by atoms with Crippen LogP contribution in [0.5, 0.6) is 0 Å². The lowest BCUT2D eigenvalue weighted by Crippen LogP contribution is -2.66. The van der Waals surface area contributed by atoms with Crippen molar-refractivity contribution >= 4 is 17.9 Å². The van der Waals surface area contributed by atoms with Crippen molar-refractivity contribution in [2.45, 2.75) is 94.0 Å². The van der Waals surface area contributed by atoms with Crippen LogP contribution in [0.3, 0.4) is 0 Å². The molecule has 7 atom stereocenters. The summed E-state index contributed by atoms with van der Waals surface area (Å²) in [6.07, 6.45) is -1.39. The normalized spacial score (nSPS) is 50.3. The van der Waals surface area contributed by atoms with Crippen molar-refractivity contribution in [1.82, 2.24) is 0 Å². The number of hydrogen-bond acceptors (Lipinski definition) is 9. The molecule has 3 aliphatic heterocycles. The molecule has 9 nitrogen and oxygen atoms in total. The molecule has 4 aliphatic carbocycles. The van der Waals surface area contributed by atoms with Crippen molar-refractivity contribution in [3.05, 3.63) is 0 Å². The number of carbonyl (C=O) groups excluding carboxylic acids is 3. The first-order chi connectivity index (χ1) is 15.0. The average Bonchev–Trinajstić information content (AvgIpc) is 3.28. The maximum atomic E-state index is 13.5. The van der Waals surface area contributed by atoms with Crippen molar-refractivity contribution in [2.75, 3.05) is 0 Å². The highest BCUT2D eigenvalue weighted by atomic mass is 19.3. The van der Waals surface area contributed by atoms with Crippen molar-refractivity contribution < 1.29 is 51.6 Å². The fourth-order valence-electron chi connectivity index (χ4n) is 6.95. The molecule has 7 fully saturated rings. The summed E-state index contributed by atoms with van der Waals surface area (Å²) in [6, 6.07) is 0. The molecule has 0 aromatic rings. The maximum Gasteiger partial charge on any atom is 0.377 e. The number of fused-ring (bicyclic) bond motifs is 3.